The largest absolute Gasteiger partial charge is 0.386 e. The van der Waals surface area contributed by atoms with Crippen LogP contribution < -0.4 is 21.0 Å². The highest BCUT2D eigenvalue weighted by Gasteiger charge is 2.16. The van der Waals surface area contributed by atoms with Gasteiger partial charge in [0.05, 0.1) is 22.6 Å². The van der Waals surface area contributed by atoms with Crippen molar-refractivity contribution in [3.8, 4) is 17.3 Å². The summed E-state index contributed by atoms with van der Waals surface area (Å²) in [5.74, 6) is 0.913. The third-order valence-corrected chi connectivity index (χ3v) is 5.59. The third-order valence-electron chi connectivity index (χ3n) is 5.59. The zero-order valence-electron chi connectivity index (χ0n) is 19.3. The van der Waals surface area contributed by atoms with Gasteiger partial charge in [0, 0.05) is 36.7 Å². The van der Waals surface area contributed by atoms with E-state index in [4.69, 9.17) is 5.73 Å². The first-order valence-corrected chi connectivity index (χ1v) is 11.3. The molecule has 8 heteroatoms. The lowest BCUT2D eigenvalue weighted by atomic mass is 10.0. The van der Waals surface area contributed by atoms with Crippen LogP contribution in [-0.4, -0.2) is 28.9 Å². The van der Waals surface area contributed by atoms with Gasteiger partial charge in [0.25, 0.3) is 0 Å². The smallest absolute Gasteiger partial charge is 0.227 e. The lowest BCUT2D eigenvalue weighted by Gasteiger charge is -2.29. The highest BCUT2D eigenvalue weighted by molar-refractivity contribution is 5.79. The Labute approximate surface area is 200 Å². The van der Waals surface area contributed by atoms with Crippen LogP contribution in [0.4, 0.5) is 23.0 Å². The Morgan fingerprint density at radius 1 is 1.18 bits per heavy atom. The number of amidine groups is 1. The summed E-state index contributed by atoms with van der Waals surface area (Å²) in [4.78, 5) is 11.3. The van der Waals surface area contributed by atoms with Crippen LogP contribution in [0.25, 0.3) is 11.3 Å². The van der Waals surface area contributed by atoms with E-state index in [1.165, 1.54) is 19.3 Å². The molecular formula is C26H28N8. The maximum absolute atomic E-state index is 9.75. The van der Waals surface area contributed by atoms with Crippen molar-refractivity contribution in [2.75, 3.05) is 28.3 Å². The van der Waals surface area contributed by atoms with Crippen molar-refractivity contribution in [3.05, 3.63) is 73.1 Å². The first-order valence-electron chi connectivity index (χ1n) is 11.3. The van der Waals surface area contributed by atoms with Crippen molar-refractivity contribution in [3.63, 3.8) is 0 Å². The quantitative estimate of drug-likeness (QED) is 0.295. The predicted molar refractivity (Wildman–Crippen MR) is 138 cm³/mol. The van der Waals surface area contributed by atoms with Gasteiger partial charge in [-0.05, 0) is 68.7 Å². The van der Waals surface area contributed by atoms with Crippen LogP contribution in [0, 0.1) is 11.3 Å². The molecule has 1 fully saturated rings. The summed E-state index contributed by atoms with van der Waals surface area (Å²) >= 11 is 0. The maximum atomic E-state index is 9.75. The second-order valence-corrected chi connectivity index (χ2v) is 8.10. The Morgan fingerprint density at radius 3 is 2.62 bits per heavy atom. The Hall–Kier alpha value is -4.38. The molecule has 8 nitrogen and oxygen atoms in total. The SMILES string of the molecule is C=CN(/N=C(/C)N)c1ccc(Nc2nccc(-c3ccc(N4CCCCC4)c(C#N)c3)n2)cc1. The zero-order chi connectivity index (χ0) is 23.9. The molecule has 1 aliphatic heterocycles. The summed E-state index contributed by atoms with van der Waals surface area (Å²) < 4.78 is 0. The molecule has 0 unspecified atom stereocenters. The number of piperidine rings is 1. The Kier molecular flexibility index (Phi) is 7.04. The Morgan fingerprint density at radius 2 is 1.94 bits per heavy atom. The number of aromatic nitrogens is 2. The maximum Gasteiger partial charge on any atom is 0.227 e. The summed E-state index contributed by atoms with van der Waals surface area (Å²) in [5, 5.41) is 18.8. The molecule has 0 bridgehead atoms. The molecule has 0 amide bonds. The number of nitriles is 1. The van der Waals surface area contributed by atoms with Gasteiger partial charge in [-0.25, -0.2) is 15.0 Å². The molecule has 4 rings (SSSR count). The van der Waals surface area contributed by atoms with Gasteiger partial charge in [-0.2, -0.15) is 10.4 Å². The summed E-state index contributed by atoms with van der Waals surface area (Å²) in [6.45, 7) is 7.48. The number of rotatable bonds is 7. The molecule has 172 valence electrons. The fourth-order valence-electron chi connectivity index (χ4n) is 3.98. The van der Waals surface area contributed by atoms with Crippen molar-refractivity contribution >= 4 is 28.8 Å². The van der Waals surface area contributed by atoms with Crippen LogP contribution in [0.2, 0.25) is 0 Å². The van der Waals surface area contributed by atoms with Gasteiger partial charge >= 0.3 is 0 Å². The van der Waals surface area contributed by atoms with Crippen LogP contribution in [0.3, 0.4) is 0 Å². The van der Waals surface area contributed by atoms with Crippen molar-refractivity contribution < 1.29 is 0 Å². The third kappa shape index (κ3) is 5.33. The van der Waals surface area contributed by atoms with E-state index in [1.807, 2.05) is 48.5 Å². The Bertz CT molecular complexity index is 1220. The van der Waals surface area contributed by atoms with Gasteiger partial charge in [0.1, 0.15) is 11.9 Å². The summed E-state index contributed by atoms with van der Waals surface area (Å²) in [6.07, 6.45) is 6.89. The number of nitrogens with one attached hydrogen (secondary N) is 1. The highest BCUT2D eigenvalue weighted by Crippen LogP contribution is 2.29. The molecular weight excluding hydrogens is 424 g/mol. The number of hydrazone groups is 1. The molecule has 2 heterocycles. The van der Waals surface area contributed by atoms with Crippen molar-refractivity contribution in [2.24, 2.45) is 10.8 Å². The number of benzene rings is 2. The first kappa shape index (κ1) is 22.8. The number of anilines is 4. The first-order chi connectivity index (χ1) is 16.6. The van der Waals surface area contributed by atoms with Gasteiger partial charge in [-0.3, -0.25) is 0 Å². The molecule has 0 atom stereocenters. The summed E-state index contributed by atoms with van der Waals surface area (Å²) in [7, 11) is 0. The second-order valence-electron chi connectivity index (χ2n) is 8.10. The molecule has 2 aromatic carbocycles. The van der Waals surface area contributed by atoms with E-state index in [0.717, 1.165) is 41.4 Å². The number of nitrogens with two attached hydrogens (primary N) is 1. The number of hydrogen-bond acceptors (Lipinski definition) is 7. The topological polar surface area (TPSA) is 106 Å². The van der Waals surface area contributed by atoms with E-state index < -0.39 is 0 Å². The fraction of sp³-hybridized carbons (Fsp3) is 0.231. The molecule has 34 heavy (non-hydrogen) atoms. The monoisotopic (exact) mass is 452 g/mol. The average Bonchev–Trinajstić information content (AvgIpc) is 2.88. The minimum absolute atomic E-state index is 0.441. The molecule has 0 saturated carbocycles. The minimum atomic E-state index is 0.441. The second kappa shape index (κ2) is 10.5. The molecule has 0 spiro atoms. The molecule has 1 aliphatic rings. The van der Waals surface area contributed by atoms with Crippen LogP contribution in [-0.2, 0) is 0 Å². The molecule has 3 aromatic rings. The van der Waals surface area contributed by atoms with Gasteiger partial charge in [0.2, 0.25) is 5.95 Å². The molecule has 3 N–H and O–H groups in total. The lowest BCUT2D eigenvalue weighted by Crippen LogP contribution is -2.29. The van der Waals surface area contributed by atoms with Crippen LogP contribution >= 0.6 is 0 Å². The predicted octanol–water partition coefficient (Wildman–Crippen LogP) is 4.99. The van der Waals surface area contributed by atoms with Crippen molar-refractivity contribution in [1.29, 1.82) is 5.26 Å². The van der Waals surface area contributed by atoms with E-state index in [0.29, 0.717) is 17.3 Å². The van der Waals surface area contributed by atoms with Crippen molar-refractivity contribution in [2.45, 2.75) is 26.2 Å². The molecule has 0 radical (unpaired) electrons. The van der Waals surface area contributed by atoms with E-state index in [9.17, 15) is 5.26 Å². The minimum Gasteiger partial charge on any atom is -0.386 e. The highest BCUT2D eigenvalue weighted by atomic mass is 15.5. The molecule has 1 saturated heterocycles. The normalized spacial score (nSPS) is 13.8. The summed E-state index contributed by atoms with van der Waals surface area (Å²) in [5.41, 5.74) is 10.6. The van der Waals surface area contributed by atoms with E-state index >= 15 is 0 Å². The zero-order valence-corrected chi connectivity index (χ0v) is 19.3. The standard InChI is InChI=1S/C26H28N8/c1-3-34(32-19(2)28)23-10-8-22(9-11-23)30-26-29-14-13-24(31-26)20-7-12-25(21(17-20)18-27)33-15-5-4-6-16-33/h3,7-14,17H,1,4-6,15-16H2,2H3,(H2,28,32)(H,29,30,31). The van der Waals surface area contributed by atoms with Crippen LogP contribution in [0.15, 0.2) is 72.6 Å². The van der Waals surface area contributed by atoms with Crippen LogP contribution in [0.5, 0.6) is 0 Å². The van der Waals surface area contributed by atoms with Gasteiger partial charge in [-0.15, -0.1) is 0 Å². The van der Waals surface area contributed by atoms with Gasteiger partial charge in [0.15, 0.2) is 0 Å². The van der Waals surface area contributed by atoms with E-state index in [2.05, 4.69) is 37.9 Å². The van der Waals surface area contributed by atoms with Gasteiger partial charge < -0.3 is 16.0 Å². The Balaban J connectivity index is 1.53. The van der Waals surface area contributed by atoms with Gasteiger partial charge in [-0.1, -0.05) is 12.6 Å². The van der Waals surface area contributed by atoms with E-state index in [-0.39, 0.29) is 0 Å². The molecule has 0 aliphatic carbocycles. The number of hydrogen-bond donors (Lipinski definition) is 2. The van der Waals surface area contributed by atoms with Crippen LogP contribution in [0.1, 0.15) is 31.7 Å². The molecule has 1 aromatic heterocycles. The van der Waals surface area contributed by atoms with Crippen molar-refractivity contribution in [1.82, 2.24) is 9.97 Å². The lowest BCUT2D eigenvalue weighted by molar-refractivity contribution is 0.577. The average molecular weight is 453 g/mol. The fourth-order valence-corrected chi connectivity index (χ4v) is 3.98. The van der Waals surface area contributed by atoms with E-state index in [1.54, 1.807) is 24.3 Å². The summed E-state index contributed by atoms with van der Waals surface area (Å²) in [6, 6.07) is 17.8. The number of nitrogens with zero attached hydrogens (tertiary/aromatic N) is 6.